The lowest BCUT2D eigenvalue weighted by Crippen LogP contribution is -2.60. The van der Waals surface area contributed by atoms with Crippen molar-refractivity contribution in [1.29, 1.82) is 0 Å². The molecule has 2 unspecified atom stereocenters. The lowest BCUT2D eigenvalue weighted by Gasteiger charge is -2.60. The number of carbonyl (C=O) groups excluding carboxylic acids is 1. The maximum absolute atomic E-state index is 13.0. The first-order valence-electron chi connectivity index (χ1n) is 7.65. The first-order valence-corrected chi connectivity index (χ1v) is 8.03. The van der Waals surface area contributed by atoms with Gasteiger partial charge in [0.25, 0.3) is 0 Å². The van der Waals surface area contributed by atoms with Gasteiger partial charge in [-0.25, -0.2) is 0 Å². The third-order valence-corrected chi connectivity index (χ3v) is 6.18. The van der Waals surface area contributed by atoms with Crippen LogP contribution in [0.4, 0.5) is 0 Å². The summed E-state index contributed by atoms with van der Waals surface area (Å²) in [4.78, 5) is 15.0. The molecule has 1 saturated heterocycles. The molecule has 4 atom stereocenters. The summed E-state index contributed by atoms with van der Waals surface area (Å²) in [5, 5.41) is 0. The molecule has 4 bridgehead atoms. The van der Waals surface area contributed by atoms with Gasteiger partial charge in [0.15, 0.2) is 0 Å². The van der Waals surface area contributed by atoms with Crippen molar-refractivity contribution in [3.05, 3.63) is 0 Å². The molecule has 4 aliphatic carbocycles. The van der Waals surface area contributed by atoms with E-state index < -0.39 is 0 Å². The molecule has 5 rings (SSSR count). The summed E-state index contributed by atoms with van der Waals surface area (Å²) in [7, 11) is 0. The molecule has 3 nitrogen and oxygen atoms in total. The fourth-order valence-corrected chi connectivity index (χ4v) is 6.20. The molecule has 4 saturated carbocycles. The van der Waals surface area contributed by atoms with Crippen molar-refractivity contribution in [3.8, 4) is 0 Å². The van der Waals surface area contributed by atoms with Crippen LogP contribution in [0.25, 0.3) is 0 Å². The summed E-state index contributed by atoms with van der Waals surface area (Å²) in [5.41, 5.74) is -0.122. The van der Waals surface area contributed by atoms with E-state index in [1.807, 2.05) is 4.90 Å². The Balaban J connectivity index is 1.60. The van der Waals surface area contributed by atoms with Crippen LogP contribution in [0, 0.1) is 17.3 Å². The molecule has 19 heavy (non-hydrogen) atoms. The largest absolute Gasteiger partial charge is 0.378 e. The van der Waals surface area contributed by atoms with E-state index in [0.29, 0.717) is 31.0 Å². The van der Waals surface area contributed by atoms with Crippen LogP contribution in [0.2, 0.25) is 0 Å². The van der Waals surface area contributed by atoms with E-state index in [9.17, 15) is 4.79 Å². The number of morpholine rings is 1. The Labute approximate surface area is 119 Å². The second-order valence-electron chi connectivity index (χ2n) is 7.30. The molecule has 5 aliphatic rings. The summed E-state index contributed by atoms with van der Waals surface area (Å²) in [6, 6.07) is 0. The summed E-state index contributed by atoms with van der Waals surface area (Å²) in [5.74, 6) is 1.78. The normalized spacial score (nSPS) is 48.6. The summed E-state index contributed by atoms with van der Waals surface area (Å²) in [6.07, 6.45) is 6.70. The van der Waals surface area contributed by atoms with Crippen molar-refractivity contribution in [2.45, 2.75) is 43.4 Å². The Morgan fingerprint density at radius 1 is 1.11 bits per heavy atom. The number of alkyl halides is 1. The van der Waals surface area contributed by atoms with Crippen molar-refractivity contribution in [1.82, 2.24) is 4.90 Å². The maximum Gasteiger partial charge on any atom is 0.229 e. The Morgan fingerprint density at radius 3 is 2.32 bits per heavy atom. The molecule has 0 radical (unpaired) electrons. The molecule has 1 aliphatic heterocycles. The Morgan fingerprint density at radius 2 is 1.74 bits per heavy atom. The molecule has 106 valence electrons. The van der Waals surface area contributed by atoms with E-state index in [-0.39, 0.29) is 10.3 Å². The van der Waals surface area contributed by atoms with Gasteiger partial charge in [-0.15, -0.1) is 11.6 Å². The summed E-state index contributed by atoms with van der Waals surface area (Å²) < 4.78 is 5.37. The first kappa shape index (κ1) is 12.5. The highest BCUT2D eigenvalue weighted by Crippen LogP contribution is 2.64. The second-order valence-corrected chi connectivity index (χ2v) is 8.10. The predicted molar refractivity (Wildman–Crippen MR) is 73.1 cm³/mol. The number of halogens is 1. The molecule has 1 heterocycles. The van der Waals surface area contributed by atoms with E-state index in [1.165, 1.54) is 6.42 Å². The second kappa shape index (κ2) is 4.11. The zero-order valence-electron chi connectivity index (χ0n) is 11.4. The van der Waals surface area contributed by atoms with Crippen LogP contribution in [0.5, 0.6) is 0 Å². The Bertz CT molecular complexity index is 391. The number of hydrogen-bond donors (Lipinski definition) is 0. The van der Waals surface area contributed by atoms with Crippen LogP contribution in [-0.4, -0.2) is 42.0 Å². The summed E-state index contributed by atoms with van der Waals surface area (Å²) >= 11 is 6.81. The fourth-order valence-electron chi connectivity index (χ4n) is 5.50. The Kier molecular flexibility index (Phi) is 2.69. The molecule has 0 aromatic heterocycles. The average Bonchev–Trinajstić information content (AvgIpc) is 2.36. The van der Waals surface area contributed by atoms with E-state index in [1.54, 1.807) is 0 Å². The van der Waals surface area contributed by atoms with Gasteiger partial charge in [0, 0.05) is 18.0 Å². The molecular weight excluding hydrogens is 262 g/mol. The van der Waals surface area contributed by atoms with Gasteiger partial charge >= 0.3 is 0 Å². The van der Waals surface area contributed by atoms with Gasteiger partial charge in [-0.2, -0.15) is 0 Å². The third-order valence-electron chi connectivity index (χ3n) is 5.74. The number of carbonyl (C=O) groups is 1. The van der Waals surface area contributed by atoms with Crippen molar-refractivity contribution in [2.24, 2.45) is 17.3 Å². The van der Waals surface area contributed by atoms with Gasteiger partial charge in [0.2, 0.25) is 5.91 Å². The maximum atomic E-state index is 13.0. The number of hydrogen-bond acceptors (Lipinski definition) is 2. The zero-order valence-corrected chi connectivity index (χ0v) is 12.1. The molecule has 0 spiro atoms. The molecule has 4 heteroatoms. The van der Waals surface area contributed by atoms with Gasteiger partial charge < -0.3 is 9.64 Å². The van der Waals surface area contributed by atoms with Crippen molar-refractivity contribution in [3.63, 3.8) is 0 Å². The molecule has 1 amide bonds. The molecule has 0 N–H and O–H groups in total. The van der Waals surface area contributed by atoms with Crippen LogP contribution in [0.15, 0.2) is 0 Å². The minimum absolute atomic E-state index is 0.0635. The van der Waals surface area contributed by atoms with Gasteiger partial charge in [0.1, 0.15) is 0 Å². The zero-order chi connectivity index (χ0) is 13.1. The number of nitrogens with zero attached hydrogens (tertiary/aromatic N) is 1. The lowest BCUT2D eigenvalue weighted by atomic mass is 9.49. The summed E-state index contributed by atoms with van der Waals surface area (Å²) in [6.45, 7) is 2.93. The highest BCUT2D eigenvalue weighted by atomic mass is 35.5. The predicted octanol–water partition coefficient (Wildman–Crippen LogP) is 2.42. The molecular formula is C15H22ClNO2. The van der Waals surface area contributed by atoms with Crippen LogP contribution in [0.1, 0.15) is 38.5 Å². The monoisotopic (exact) mass is 283 g/mol. The van der Waals surface area contributed by atoms with E-state index in [0.717, 1.165) is 45.2 Å². The first-order chi connectivity index (χ1) is 9.09. The van der Waals surface area contributed by atoms with Gasteiger partial charge in [-0.1, -0.05) is 0 Å². The minimum atomic E-state index is -0.122. The van der Waals surface area contributed by atoms with Crippen LogP contribution < -0.4 is 0 Å². The van der Waals surface area contributed by atoms with Crippen molar-refractivity contribution in [2.75, 3.05) is 26.3 Å². The van der Waals surface area contributed by atoms with Crippen LogP contribution >= 0.6 is 11.6 Å². The number of amides is 1. The standard InChI is InChI=1S/C15H22ClNO2/c16-15-8-11-5-12(9-15)7-14(6-11,10-15)13(18)17-1-3-19-4-2-17/h11-12H,1-10H2/t11-,12+,14?,15?. The minimum Gasteiger partial charge on any atom is -0.378 e. The van der Waals surface area contributed by atoms with E-state index in [4.69, 9.17) is 16.3 Å². The quantitative estimate of drug-likeness (QED) is 0.692. The van der Waals surface area contributed by atoms with Crippen LogP contribution in [-0.2, 0) is 9.53 Å². The van der Waals surface area contributed by atoms with Gasteiger partial charge in [-0.05, 0) is 50.4 Å². The average molecular weight is 284 g/mol. The van der Waals surface area contributed by atoms with E-state index >= 15 is 0 Å². The highest BCUT2D eigenvalue weighted by molar-refractivity contribution is 6.24. The van der Waals surface area contributed by atoms with Crippen molar-refractivity contribution < 1.29 is 9.53 Å². The SMILES string of the molecule is O=C(N1CCOCC1)C12C[C@@H]3C[C@@H](CC(Cl)(C3)C1)C2. The van der Waals surface area contributed by atoms with E-state index in [2.05, 4.69) is 0 Å². The topological polar surface area (TPSA) is 29.5 Å². The third kappa shape index (κ3) is 1.92. The smallest absolute Gasteiger partial charge is 0.229 e. The fraction of sp³-hybridized carbons (Fsp3) is 0.933. The van der Waals surface area contributed by atoms with Gasteiger partial charge in [0.05, 0.1) is 18.6 Å². The van der Waals surface area contributed by atoms with Crippen molar-refractivity contribution >= 4 is 17.5 Å². The molecule has 0 aromatic rings. The highest BCUT2D eigenvalue weighted by Gasteiger charge is 2.60. The number of ether oxygens (including phenoxy) is 1. The van der Waals surface area contributed by atoms with Gasteiger partial charge in [-0.3, -0.25) is 4.79 Å². The molecule has 5 fully saturated rings. The van der Waals surface area contributed by atoms with Crippen LogP contribution in [0.3, 0.4) is 0 Å². The lowest BCUT2D eigenvalue weighted by molar-refractivity contribution is -0.160. The number of rotatable bonds is 1. The molecule has 0 aromatic carbocycles. The Hall–Kier alpha value is -0.280.